The summed E-state index contributed by atoms with van der Waals surface area (Å²) < 4.78 is 34.1. The smallest absolute Gasteiger partial charge is 0.369 e. The van der Waals surface area contributed by atoms with E-state index < -0.39 is 10.4 Å². The monoisotopic (exact) mass is 300 g/mol. The Kier molecular flexibility index (Phi) is 29.3. The quantitative estimate of drug-likeness (QED) is 0.396. The standard InChI is InChI=1S/2ClH.H3N.2Ni.H2O4S/c;;;;;1-5(2,3)4/h2*1H;1H3;;;(H2,1,2,3,4)/q;;;+1;+2;/p-3. The van der Waals surface area contributed by atoms with Crippen molar-refractivity contribution in [2.45, 2.75) is 0 Å². The van der Waals surface area contributed by atoms with E-state index in [0.29, 0.717) is 12.7 Å². The van der Waals surface area contributed by atoms with E-state index in [-0.39, 0.29) is 22.6 Å². The molecule has 10 heavy (non-hydrogen) atoms. The van der Waals surface area contributed by atoms with Gasteiger partial charge >= 0.3 is 49.5 Å². The Hall–Kier alpha value is 1.40. The van der Waals surface area contributed by atoms with Crippen LogP contribution in [0, 0.1) is 0 Å². The molecule has 0 aliphatic rings. The molecule has 0 amide bonds. The Labute approximate surface area is 83.3 Å². The third-order valence-corrected chi connectivity index (χ3v) is 0. The maximum Gasteiger partial charge on any atom is 1.00 e. The van der Waals surface area contributed by atoms with E-state index in [1.807, 2.05) is 0 Å². The first-order valence-corrected chi connectivity index (χ1v) is 4.96. The summed E-state index contributed by atoms with van der Waals surface area (Å²) in [5.41, 5.74) is 0. The molecule has 0 atom stereocenters. The van der Waals surface area contributed by atoms with Gasteiger partial charge in [0.15, 0.2) is 0 Å². The molecule has 0 unspecified atom stereocenters. The minimum absolute atomic E-state index is 0. The molecule has 0 saturated heterocycles. The maximum atomic E-state index is 8.52. The zero-order valence-corrected chi connectivity index (χ0v) is 8.73. The molecule has 0 aliphatic carbocycles. The minimum atomic E-state index is -5.17. The van der Waals surface area contributed by atoms with Crippen molar-refractivity contribution in [2.75, 3.05) is 0 Å². The second kappa shape index (κ2) is 13.0. The number of rotatable bonds is 0. The van der Waals surface area contributed by atoms with Crippen molar-refractivity contribution in [3.05, 3.63) is 0 Å². The molecule has 0 saturated carbocycles. The molecule has 0 aliphatic heterocycles. The van der Waals surface area contributed by atoms with Crippen LogP contribution in [0.4, 0.5) is 0 Å². The topological polar surface area (TPSA) is 117 Å². The summed E-state index contributed by atoms with van der Waals surface area (Å²) in [6, 6.07) is 0. The van der Waals surface area contributed by atoms with Gasteiger partial charge < -0.3 is 15.3 Å². The van der Waals surface area contributed by atoms with Crippen LogP contribution in [-0.4, -0.2) is 17.5 Å². The fourth-order valence-corrected chi connectivity index (χ4v) is 0. The average molecular weight is 302 g/mol. The van der Waals surface area contributed by atoms with Crippen LogP contribution >= 0.6 is 20.4 Å². The summed E-state index contributed by atoms with van der Waals surface area (Å²) in [6.45, 7) is 0. The van der Waals surface area contributed by atoms with Crippen LogP contribution in [0.2, 0.25) is 0 Å². The molecule has 73 valence electrons. The first-order chi connectivity index (χ1) is 3.41. The Morgan fingerprint density at radius 3 is 1.20 bits per heavy atom. The summed E-state index contributed by atoms with van der Waals surface area (Å²) in [6.07, 6.45) is 0. The van der Waals surface area contributed by atoms with E-state index >= 15 is 0 Å². The summed E-state index contributed by atoms with van der Waals surface area (Å²) in [5, 5.41) is 0. The molecule has 0 aromatic carbocycles. The molecule has 0 bridgehead atoms. The minimum Gasteiger partial charge on any atom is -0.369 e. The Bertz CT molecular complexity index is 115. The summed E-state index contributed by atoms with van der Waals surface area (Å²) in [5.74, 6) is 0. The van der Waals surface area contributed by atoms with E-state index in [2.05, 4.69) is 0 Å². The van der Waals surface area contributed by atoms with Crippen molar-refractivity contribution in [2.24, 2.45) is 0 Å². The van der Waals surface area contributed by atoms with E-state index in [1.54, 1.807) is 0 Å². The van der Waals surface area contributed by atoms with Crippen LogP contribution < -0.4 is 6.15 Å². The molecule has 0 rings (SSSR count). The average Bonchev–Trinajstić information content (AvgIpc) is 1.27. The Balaban J connectivity index is -0.0000000326. The van der Waals surface area contributed by atoms with Gasteiger partial charge in [0.1, 0.15) is 0 Å². The molecule has 0 spiro atoms. The molecular weight excluding hydrogens is 298 g/mol. The van der Waals surface area contributed by atoms with Crippen molar-refractivity contribution in [1.82, 2.24) is 6.15 Å². The molecule has 10 heteroatoms. The molecule has 5 nitrogen and oxygen atoms in total. The van der Waals surface area contributed by atoms with Crippen LogP contribution in [-0.2, 0) is 39.5 Å². The second-order valence-electron chi connectivity index (χ2n) is 0.453. The zero-order chi connectivity index (χ0) is 7.21. The summed E-state index contributed by atoms with van der Waals surface area (Å²) in [4.78, 5) is 0. The van der Waals surface area contributed by atoms with E-state index in [0.717, 1.165) is 0 Å². The van der Waals surface area contributed by atoms with Gasteiger partial charge in [-0.3, -0.25) is 8.42 Å². The van der Waals surface area contributed by atoms with Crippen molar-refractivity contribution < 1.29 is 46.7 Å². The number of hydrogen-bond acceptors (Lipinski definition) is 4. The van der Waals surface area contributed by atoms with Gasteiger partial charge in [-0.05, 0) is 0 Å². The predicted octanol–water partition coefficient (Wildman–Crippen LogP) is 0.412. The van der Waals surface area contributed by atoms with Gasteiger partial charge in [0.05, 0.1) is 0 Å². The van der Waals surface area contributed by atoms with Crippen LogP contribution in [0.5, 0.6) is 0 Å². The van der Waals surface area contributed by atoms with Crippen molar-refractivity contribution in [3.8, 4) is 0 Å². The molecule has 0 aromatic rings. The van der Waals surface area contributed by atoms with Gasteiger partial charge in [0.2, 0.25) is 0 Å². The van der Waals surface area contributed by atoms with Crippen molar-refractivity contribution in [1.29, 1.82) is 0 Å². The van der Waals surface area contributed by atoms with Gasteiger partial charge in [-0.25, -0.2) is 0 Å². The molecule has 0 aromatic heterocycles. The van der Waals surface area contributed by atoms with Crippen LogP contribution in [0.15, 0.2) is 0 Å². The Morgan fingerprint density at radius 1 is 1.20 bits per heavy atom. The molecule has 4 N–H and O–H groups in total. The van der Waals surface area contributed by atoms with Crippen LogP contribution in [0.25, 0.3) is 0 Å². The van der Waals surface area contributed by atoms with Crippen molar-refractivity contribution >= 4 is 30.8 Å². The third-order valence-electron chi connectivity index (χ3n) is 0. The van der Waals surface area contributed by atoms with Gasteiger partial charge in [-0.15, -0.1) is 0 Å². The summed E-state index contributed by atoms with van der Waals surface area (Å²) in [7, 11) is 4.24. The molecule has 0 heterocycles. The normalized spacial score (nSPS) is 8.00. The van der Waals surface area contributed by atoms with E-state index in [1.165, 1.54) is 0 Å². The Morgan fingerprint density at radius 2 is 1.20 bits per heavy atom. The zero-order valence-electron chi connectivity index (χ0n) is 4.43. The first kappa shape index (κ1) is 22.5. The molecule has 0 fully saturated rings. The maximum absolute atomic E-state index is 8.52. The van der Waals surface area contributed by atoms with Crippen molar-refractivity contribution in [3.63, 3.8) is 0 Å². The number of quaternary nitrogens is 1. The predicted molar refractivity (Wildman–Crippen MR) is 28.2 cm³/mol. The fourth-order valence-electron chi connectivity index (χ4n) is 0. The van der Waals surface area contributed by atoms with Crippen LogP contribution in [0.1, 0.15) is 0 Å². The van der Waals surface area contributed by atoms with Crippen LogP contribution in [0.3, 0.4) is 0 Å². The van der Waals surface area contributed by atoms with Gasteiger partial charge in [-0.1, -0.05) is 0 Å². The van der Waals surface area contributed by atoms with E-state index in [4.69, 9.17) is 37.9 Å². The third kappa shape index (κ3) is 339. The molecule has 1 radical (unpaired) electrons. The largest absolute Gasteiger partial charge is 1.00 e. The first-order valence-electron chi connectivity index (χ1n) is 0.906. The number of hydrogen-bond donors (Lipinski definition) is 1. The second-order valence-corrected chi connectivity index (χ2v) is 2.90. The number of halogens is 2. The van der Waals surface area contributed by atoms with Gasteiger partial charge in [0, 0.05) is 10.4 Å². The van der Waals surface area contributed by atoms with E-state index in [9.17, 15) is 0 Å². The van der Waals surface area contributed by atoms with Gasteiger partial charge in [-0.2, -0.15) is 0 Å². The van der Waals surface area contributed by atoms with Gasteiger partial charge in [0.25, 0.3) is 0 Å². The SMILES string of the molecule is O=S(=O)([O-])[O-].[Cl][Ni][Cl].[NH4+].[Ni+]. The molecular formula is H4Cl2NNi2O4S. The summed E-state index contributed by atoms with van der Waals surface area (Å²) >= 11 is 0.569. The fraction of sp³-hybridized carbons (Fsp3) is 0.